The zero-order chi connectivity index (χ0) is 14.7. The molecule has 0 aliphatic rings. The summed E-state index contributed by atoms with van der Waals surface area (Å²) in [6, 6.07) is 6.71. The second-order valence-electron chi connectivity index (χ2n) is 4.21. The molecule has 0 spiro atoms. The molecule has 0 saturated carbocycles. The van der Waals surface area contributed by atoms with E-state index in [0.717, 1.165) is 12.1 Å². The van der Waals surface area contributed by atoms with Crippen LogP contribution in [0.15, 0.2) is 36.5 Å². The highest BCUT2D eigenvalue weighted by Crippen LogP contribution is 2.18. The molecule has 2 rings (SSSR count). The van der Waals surface area contributed by atoms with Crippen LogP contribution in [0.5, 0.6) is 0 Å². The van der Waals surface area contributed by atoms with Crippen LogP contribution in [0, 0.1) is 23.0 Å². The fourth-order valence-corrected chi connectivity index (χ4v) is 1.82. The minimum Gasteiger partial charge on any atom is -0.347 e. The Morgan fingerprint density at radius 3 is 2.70 bits per heavy atom. The molecule has 0 aliphatic heterocycles. The van der Waals surface area contributed by atoms with Gasteiger partial charge in [-0.25, -0.2) is 8.78 Å². The first-order valence-electron chi connectivity index (χ1n) is 5.79. The predicted octanol–water partition coefficient (Wildman–Crippen LogP) is 2.30. The Balaban J connectivity index is 2.24. The van der Waals surface area contributed by atoms with E-state index in [1.54, 1.807) is 36.0 Å². The Morgan fingerprint density at radius 2 is 2.15 bits per heavy atom. The number of halogens is 2. The van der Waals surface area contributed by atoms with E-state index < -0.39 is 23.6 Å². The lowest BCUT2D eigenvalue weighted by molar-refractivity contribution is 0.0936. The Morgan fingerprint density at radius 1 is 1.40 bits per heavy atom. The van der Waals surface area contributed by atoms with E-state index in [1.807, 2.05) is 0 Å². The number of nitriles is 1. The molecule has 0 radical (unpaired) electrons. The normalized spacial score (nSPS) is 11.7. The number of nitrogens with zero attached hydrogens (tertiary/aromatic N) is 2. The fraction of sp³-hybridized carbons (Fsp3) is 0.143. The van der Waals surface area contributed by atoms with Gasteiger partial charge in [0.2, 0.25) is 0 Å². The maximum atomic E-state index is 13.6. The summed E-state index contributed by atoms with van der Waals surface area (Å²) in [6.07, 6.45) is 1.68. The summed E-state index contributed by atoms with van der Waals surface area (Å²) < 4.78 is 28.0. The largest absolute Gasteiger partial charge is 0.347 e. The number of amides is 1. The molecule has 2 aromatic rings. The van der Waals surface area contributed by atoms with Gasteiger partial charge in [0.15, 0.2) is 0 Å². The summed E-state index contributed by atoms with van der Waals surface area (Å²) in [6.45, 7) is 0. The Labute approximate surface area is 114 Å². The topological polar surface area (TPSA) is 57.8 Å². The maximum Gasteiger partial charge on any atom is 0.269 e. The van der Waals surface area contributed by atoms with Gasteiger partial charge in [0.05, 0.1) is 6.07 Å². The van der Waals surface area contributed by atoms with E-state index in [2.05, 4.69) is 5.32 Å². The standard InChI is InChI=1S/C14H11F2N3O/c1-19-6-2-3-13(19)14(20)18-12(8-17)10-5-4-9(15)7-11(10)16/h2-7,12H,1H3,(H,18,20). The molecule has 1 aromatic heterocycles. The third kappa shape index (κ3) is 2.67. The smallest absolute Gasteiger partial charge is 0.269 e. The Hall–Kier alpha value is -2.68. The third-order valence-electron chi connectivity index (χ3n) is 2.85. The lowest BCUT2D eigenvalue weighted by Gasteiger charge is -2.13. The van der Waals surface area contributed by atoms with Crippen molar-refractivity contribution in [2.45, 2.75) is 6.04 Å². The van der Waals surface area contributed by atoms with Crippen molar-refractivity contribution in [3.63, 3.8) is 0 Å². The first-order valence-corrected chi connectivity index (χ1v) is 5.79. The SMILES string of the molecule is Cn1cccc1C(=O)NC(C#N)c1ccc(F)cc1F. The number of hydrogen-bond donors (Lipinski definition) is 1. The molecule has 6 heteroatoms. The average Bonchev–Trinajstić information content (AvgIpc) is 2.83. The molecular weight excluding hydrogens is 264 g/mol. The molecule has 0 aliphatic carbocycles. The van der Waals surface area contributed by atoms with Crippen molar-refractivity contribution in [3.8, 4) is 6.07 Å². The van der Waals surface area contributed by atoms with Crippen LogP contribution in [-0.2, 0) is 7.05 Å². The molecule has 4 nitrogen and oxygen atoms in total. The molecule has 1 unspecified atom stereocenters. The minimum absolute atomic E-state index is 0.0727. The molecule has 102 valence electrons. The van der Waals surface area contributed by atoms with Crippen molar-refractivity contribution >= 4 is 5.91 Å². The van der Waals surface area contributed by atoms with Crippen molar-refractivity contribution in [2.75, 3.05) is 0 Å². The monoisotopic (exact) mass is 275 g/mol. The molecule has 1 N–H and O–H groups in total. The highest BCUT2D eigenvalue weighted by Gasteiger charge is 2.20. The van der Waals surface area contributed by atoms with Gasteiger partial charge in [-0.05, 0) is 18.2 Å². The summed E-state index contributed by atoms with van der Waals surface area (Å²) >= 11 is 0. The van der Waals surface area contributed by atoms with Crippen LogP contribution in [0.2, 0.25) is 0 Å². The van der Waals surface area contributed by atoms with Gasteiger partial charge in [0.1, 0.15) is 23.4 Å². The fourth-order valence-electron chi connectivity index (χ4n) is 1.82. The van der Waals surface area contributed by atoms with E-state index in [9.17, 15) is 13.6 Å². The number of carbonyl (C=O) groups is 1. The van der Waals surface area contributed by atoms with E-state index in [0.29, 0.717) is 11.8 Å². The van der Waals surface area contributed by atoms with Gasteiger partial charge in [0.25, 0.3) is 5.91 Å². The van der Waals surface area contributed by atoms with Crippen LogP contribution in [0.4, 0.5) is 8.78 Å². The molecule has 0 fully saturated rings. The lowest BCUT2D eigenvalue weighted by Crippen LogP contribution is -2.29. The van der Waals surface area contributed by atoms with Crippen molar-refractivity contribution in [1.29, 1.82) is 5.26 Å². The van der Waals surface area contributed by atoms with Crippen LogP contribution < -0.4 is 5.32 Å². The number of benzene rings is 1. The first-order chi connectivity index (χ1) is 9.52. The number of carbonyl (C=O) groups excluding carboxylic acids is 1. The van der Waals surface area contributed by atoms with Crippen LogP contribution in [0.25, 0.3) is 0 Å². The summed E-state index contributed by atoms with van der Waals surface area (Å²) in [4.78, 5) is 12.0. The quantitative estimate of drug-likeness (QED) is 0.934. The van der Waals surface area contributed by atoms with Crippen molar-refractivity contribution < 1.29 is 13.6 Å². The summed E-state index contributed by atoms with van der Waals surface area (Å²) in [5.41, 5.74) is 0.268. The van der Waals surface area contributed by atoms with Gasteiger partial charge in [-0.1, -0.05) is 6.07 Å². The maximum absolute atomic E-state index is 13.6. The Bertz CT molecular complexity index is 688. The minimum atomic E-state index is -1.18. The third-order valence-corrected chi connectivity index (χ3v) is 2.85. The average molecular weight is 275 g/mol. The number of aryl methyl sites for hydroxylation is 1. The zero-order valence-corrected chi connectivity index (χ0v) is 10.6. The van der Waals surface area contributed by atoms with E-state index >= 15 is 0 Å². The highest BCUT2D eigenvalue weighted by atomic mass is 19.1. The van der Waals surface area contributed by atoms with Gasteiger partial charge in [-0.15, -0.1) is 0 Å². The number of nitrogens with one attached hydrogen (secondary N) is 1. The zero-order valence-electron chi connectivity index (χ0n) is 10.6. The Kier molecular flexibility index (Phi) is 3.80. The van der Waals surface area contributed by atoms with Crippen molar-refractivity contribution in [3.05, 3.63) is 59.4 Å². The summed E-state index contributed by atoms with van der Waals surface area (Å²) in [5.74, 6) is -2.12. The molecule has 0 bridgehead atoms. The molecule has 1 amide bonds. The van der Waals surface area contributed by atoms with Crippen LogP contribution in [-0.4, -0.2) is 10.5 Å². The number of hydrogen-bond acceptors (Lipinski definition) is 2. The molecule has 1 aromatic carbocycles. The second kappa shape index (κ2) is 5.53. The van der Waals surface area contributed by atoms with E-state index in [4.69, 9.17) is 5.26 Å². The van der Waals surface area contributed by atoms with Crippen molar-refractivity contribution in [1.82, 2.24) is 9.88 Å². The van der Waals surface area contributed by atoms with Crippen LogP contribution >= 0.6 is 0 Å². The van der Waals surface area contributed by atoms with E-state index in [-0.39, 0.29) is 5.56 Å². The number of rotatable bonds is 3. The highest BCUT2D eigenvalue weighted by molar-refractivity contribution is 5.93. The van der Waals surface area contributed by atoms with Gasteiger partial charge in [-0.3, -0.25) is 4.79 Å². The van der Waals surface area contributed by atoms with Crippen molar-refractivity contribution in [2.24, 2.45) is 7.05 Å². The lowest BCUT2D eigenvalue weighted by atomic mass is 10.1. The van der Waals surface area contributed by atoms with Gasteiger partial charge >= 0.3 is 0 Å². The van der Waals surface area contributed by atoms with Gasteiger partial charge < -0.3 is 9.88 Å². The number of aromatic nitrogens is 1. The van der Waals surface area contributed by atoms with Crippen LogP contribution in [0.3, 0.4) is 0 Å². The summed E-state index contributed by atoms with van der Waals surface area (Å²) in [5, 5.41) is 11.5. The molecule has 20 heavy (non-hydrogen) atoms. The van der Waals surface area contributed by atoms with E-state index in [1.165, 1.54) is 0 Å². The van der Waals surface area contributed by atoms with Gasteiger partial charge in [-0.2, -0.15) is 5.26 Å². The molecule has 1 atom stereocenters. The molecule has 1 heterocycles. The molecular formula is C14H11F2N3O. The predicted molar refractivity (Wildman–Crippen MR) is 67.6 cm³/mol. The van der Waals surface area contributed by atoms with Gasteiger partial charge in [0, 0.05) is 24.9 Å². The first kappa shape index (κ1) is 13.7. The van der Waals surface area contributed by atoms with Crippen LogP contribution in [0.1, 0.15) is 22.1 Å². The molecule has 0 saturated heterocycles. The summed E-state index contributed by atoms with van der Waals surface area (Å²) in [7, 11) is 1.68. The second-order valence-corrected chi connectivity index (χ2v) is 4.21.